The number of fused-ring (bicyclic) bond motifs is 1. The van der Waals surface area contributed by atoms with Crippen molar-refractivity contribution < 1.29 is 29.3 Å². The second kappa shape index (κ2) is 13.4. The van der Waals surface area contributed by atoms with Crippen LogP contribution in [0.1, 0.15) is 112 Å². The number of carbonyl (C=O) groups is 2. The lowest BCUT2D eigenvalue weighted by atomic mass is 9.59. The summed E-state index contributed by atoms with van der Waals surface area (Å²) in [4.78, 5) is 25.4. The maximum Gasteiger partial charge on any atom is 0.410 e. The number of likely N-dealkylation sites (tertiary alicyclic amines) is 1. The first kappa shape index (κ1) is 32.3. The van der Waals surface area contributed by atoms with E-state index in [0.29, 0.717) is 41.1 Å². The van der Waals surface area contributed by atoms with Gasteiger partial charge in [-0.3, -0.25) is 4.79 Å². The molecule has 7 heteroatoms. The molecule has 4 unspecified atom stereocenters. The Morgan fingerprint density at radius 2 is 1.85 bits per heavy atom. The van der Waals surface area contributed by atoms with Gasteiger partial charge in [-0.2, -0.15) is 0 Å². The third-order valence-electron chi connectivity index (χ3n) is 11.6. The summed E-state index contributed by atoms with van der Waals surface area (Å²) in [6.07, 6.45) is 15.5. The van der Waals surface area contributed by atoms with Gasteiger partial charge in [-0.25, -0.2) is 4.79 Å². The normalized spacial score (nSPS) is 37.1. The van der Waals surface area contributed by atoms with Crippen LogP contribution in [-0.2, 0) is 14.3 Å². The summed E-state index contributed by atoms with van der Waals surface area (Å²) < 4.78 is 12.1. The molecule has 1 amide bonds. The van der Waals surface area contributed by atoms with Crippen LogP contribution in [0.3, 0.4) is 0 Å². The third-order valence-corrected chi connectivity index (χ3v) is 11.6. The summed E-state index contributed by atoms with van der Waals surface area (Å²) in [7, 11) is 1.90. The average molecular weight is 576 g/mol. The quantitative estimate of drug-likeness (QED) is 0.202. The third kappa shape index (κ3) is 7.31. The molecule has 0 aromatic carbocycles. The van der Waals surface area contributed by atoms with Crippen LogP contribution in [0.5, 0.6) is 0 Å². The van der Waals surface area contributed by atoms with Crippen LogP contribution in [0.15, 0.2) is 11.6 Å². The highest BCUT2D eigenvalue weighted by Gasteiger charge is 2.55. The van der Waals surface area contributed by atoms with E-state index in [4.69, 9.17) is 14.6 Å². The predicted molar refractivity (Wildman–Crippen MR) is 160 cm³/mol. The Bertz CT molecular complexity index is 936. The van der Waals surface area contributed by atoms with Crippen molar-refractivity contribution in [1.82, 2.24) is 4.90 Å². The largest absolute Gasteiger partial charge is 0.481 e. The summed E-state index contributed by atoms with van der Waals surface area (Å²) >= 11 is 0. The SMILES string of the molecule is C/C=C1\C(CC[C@@H]2CCC[C@@]3(C)C2C[C@@H](OC)C3CCCCC(C)(C)O)C(C)CC[C@@H]1OC(=O)N1CC(C(=O)O)C1. The van der Waals surface area contributed by atoms with E-state index in [0.717, 1.165) is 44.9 Å². The number of nitrogens with zero attached hydrogens (tertiary/aromatic N) is 1. The molecular weight excluding hydrogens is 518 g/mol. The molecule has 7 nitrogen and oxygen atoms in total. The van der Waals surface area contributed by atoms with Gasteiger partial charge in [-0.1, -0.05) is 45.6 Å². The summed E-state index contributed by atoms with van der Waals surface area (Å²) in [6.45, 7) is 11.3. The van der Waals surface area contributed by atoms with Crippen molar-refractivity contribution in [3.63, 3.8) is 0 Å². The molecule has 0 spiro atoms. The van der Waals surface area contributed by atoms with Gasteiger partial charge in [0.25, 0.3) is 0 Å². The lowest BCUT2D eigenvalue weighted by Gasteiger charge is -2.46. The standard InChI is InChI=1S/C34H57NO6/c1-7-25-26(22(2)13-16-29(25)41-32(38)35-20-24(21-35)31(36)37)15-14-23-11-10-18-34(5)27(30(40-6)19-28(23)34)12-8-9-17-33(3,4)39/h7,22-24,26-30,39H,8-21H2,1-6H3,(H,36,37)/b25-7+/t22?,23-,26?,27?,28?,29-,30+,34+/m0/s1. The van der Waals surface area contributed by atoms with Gasteiger partial charge in [0.05, 0.1) is 17.6 Å². The molecular formula is C34H57NO6. The first-order valence-corrected chi connectivity index (χ1v) is 16.5. The number of amides is 1. The van der Waals surface area contributed by atoms with Crippen LogP contribution in [-0.4, -0.2) is 65.2 Å². The Kier molecular flexibility index (Phi) is 10.5. The van der Waals surface area contributed by atoms with Gasteiger partial charge in [0.2, 0.25) is 0 Å². The second-order valence-corrected chi connectivity index (χ2v) is 14.8. The smallest absolute Gasteiger partial charge is 0.410 e. The van der Waals surface area contributed by atoms with Crippen LogP contribution in [0.4, 0.5) is 4.79 Å². The average Bonchev–Trinajstić information content (AvgIpc) is 3.16. The Hall–Kier alpha value is -1.60. The van der Waals surface area contributed by atoms with E-state index >= 15 is 0 Å². The highest BCUT2D eigenvalue weighted by atomic mass is 16.6. The number of aliphatic hydroxyl groups is 1. The highest BCUT2D eigenvalue weighted by molar-refractivity contribution is 5.76. The molecule has 1 aliphatic heterocycles. The zero-order valence-corrected chi connectivity index (χ0v) is 26.6. The zero-order valence-electron chi connectivity index (χ0n) is 26.6. The van der Waals surface area contributed by atoms with Crippen LogP contribution in [0.2, 0.25) is 0 Å². The number of carboxylic acid groups (broad SMARTS) is 1. The molecule has 0 aromatic heterocycles. The highest BCUT2D eigenvalue weighted by Crippen LogP contribution is 2.60. The minimum absolute atomic E-state index is 0.202. The van der Waals surface area contributed by atoms with Crippen LogP contribution >= 0.6 is 0 Å². The lowest BCUT2D eigenvalue weighted by molar-refractivity contribution is -0.146. The summed E-state index contributed by atoms with van der Waals surface area (Å²) in [5.41, 5.74) is 0.996. The van der Waals surface area contributed by atoms with E-state index < -0.39 is 17.5 Å². The molecule has 3 aliphatic carbocycles. The van der Waals surface area contributed by atoms with E-state index in [1.807, 2.05) is 21.0 Å². The number of rotatable bonds is 11. The van der Waals surface area contributed by atoms with Gasteiger partial charge in [0, 0.05) is 20.2 Å². The molecule has 2 N–H and O–H groups in total. The van der Waals surface area contributed by atoms with E-state index in [9.17, 15) is 14.7 Å². The number of hydrogen-bond acceptors (Lipinski definition) is 5. The molecule has 4 rings (SSSR count). The molecule has 8 atom stereocenters. The molecule has 4 fully saturated rings. The summed E-state index contributed by atoms with van der Waals surface area (Å²) in [5.74, 6) is 1.65. The minimum atomic E-state index is -0.843. The number of carboxylic acids is 1. The Morgan fingerprint density at radius 1 is 1.12 bits per heavy atom. The van der Waals surface area contributed by atoms with Crippen LogP contribution < -0.4 is 0 Å². The molecule has 0 radical (unpaired) electrons. The number of unbranched alkanes of at least 4 members (excludes halogenated alkanes) is 1. The lowest BCUT2D eigenvalue weighted by Crippen LogP contribution is -2.54. The van der Waals surface area contributed by atoms with Crippen molar-refractivity contribution in [3.8, 4) is 0 Å². The Labute approximate surface area is 248 Å². The van der Waals surface area contributed by atoms with Gasteiger partial charge in [-0.15, -0.1) is 0 Å². The number of hydrogen-bond donors (Lipinski definition) is 2. The molecule has 41 heavy (non-hydrogen) atoms. The molecule has 1 saturated heterocycles. The fraction of sp³-hybridized carbons (Fsp3) is 0.882. The van der Waals surface area contributed by atoms with Crippen molar-refractivity contribution in [2.24, 2.45) is 40.9 Å². The molecule has 0 bridgehead atoms. The first-order valence-electron chi connectivity index (χ1n) is 16.5. The molecule has 3 saturated carbocycles. The number of carbonyl (C=O) groups excluding carboxylic acids is 1. The number of ether oxygens (including phenoxy) is 2. The molecule has 1 heterocycles. The van der Waals surface area contributed by atoms with Crippen LogP contribution in [0.25, 0.3) is 0 Å². The zero-order chi connectivity index (χ0) is 29.9. The maximum atomic E-state index is 12.8. The van der Waals surface area contributed by atoms with Crippen molar-refractivity contribution in [1.29, 1.82) is 0 Å². The fourth-order valence-corrected chi connectivity index (χ4v) is 9.18. The fourth-order valence-electron chi connectivity index (χ4n) is 9.18. The molecule has 234 valence electrons. The molecule has 4 aliphatic rings. The Morgan fingerprint density at radius 3 is 2.49 bits per heavy atom. The monoisotopic (exact) mass is 575 g/mol. The summed E-state index contributed by atoms with van der Waals surface area (Å²) in [6, 6.07) is 0. The van der Waals surface area contributed by atoms with E-state index in [1.165, 1.54) is 42.6 Å². The van der Waals surface area contributed by atoms with Crippen molar-refractivity contribution in [3.05, 3.63) is 11.6 Å². The Balaban J connectivity index is 1.36. The first-order chi connectivity index (χ1) is 19.4. The van der Waals surface area contributed by atoms with E-state index in [-0.39, 0.29) is 25.3 Å². The number of methoxy groups -OCH3 is 1. The predicted octanol–water partition coefficient (Wildman–Crippen LogP) is 7.07. The van der Waals surface area contributed by atoms with Crippen LogP contribution in [0, 0.1) is 40.9 Å². The topological polar surface area (TPSA) is 96.3 Å². The summed E-state index contributed by atoms with van der Waals surface area (Å²) in [5, 5.41) is 19.3. The second-order valence-electron chi connectivity index (χ2n) is 14.8. The van der Waals surface area contributed by atoms with Crippen molar-refractivity contribution in [2.45, 2.75) is 129 Å². The van der Waals surface area contributed by atoms with E-state index in [2.05, 4.69) is 26.8 Å². The van der Waals surface area contributed by atoms with Gasteiger partial charge < -0.3 is 24.6 Å². The van der Waals surface area contributed by atoms with Gasteiger partial charge >= 0.3 is 12.1 Å². The van der Waals surface area contributed by atoms with E-state index in [1.54, 1.807) is 0 Å². The van der Waals surface area contributed by atoms with Crippen molar-refractivity contribution >= 4 is 12.1 Å². The van der Waals surface area contributed by atoms with Gasteiger partial charge in [0.15, 0.2) is 0 Å². The van der Waals surface area contributed by atoms with Crippen molar-refractivity contribution in [2.75, 3.05) is 20.2 Å². The minimum Gasteiger partial charge on any atom is -0.481 e. The number of aliphatic carboxylic acids is 1. The molecule has 0 aromatic rings. The van der Waals surface area contributed by atoms with Gasteiger partial charge in [0.1, 0.15) is 6.10 Å². The maximum absolute atomic E-state index is 12.8. The van der Waals surface area contributed by atoms with Gasteiger partial charge in [-0.05, 0) is 113 Å². The number of allylic oxidation sites excluding steroid dienone is 1.